The average molecular weight is 319 g/mol. The summed E-state index contributed by atoms with van der Waals surface area (Å²) >= 11 is 1.84. The number of aromatic carboxylic acids is 1. The normalized spacial score (nSPS) is 14.9. The standard InChI is InChI=1S/C15H14FN3O2S/c16-11-3-1-10(2-4-11)13-17-9-12(15(20)21)14(18-13)19-5-7-22-8-6-19/h1-4,9H,5-8H2,(H,20,21). The van der Waals surface area contributed by atoms with Crippen molar-refractivity contribution in [2.24, 2.45) is 0 Å². The van der Waals surface area contributed by atoms with Crippen molar-refractivity contribution in [3.8, 4) is 11.4 Å². The molecule has 0 unspecified atom stereocenters. The van der Waals surface area contributed by atoms with Crippen LogP contribution in [0.15, 0.2) is 30.5 Å². The van der Waals surface area contributed by atoms with Crippen molar-refractivity contribution >= 4 is 23.5 Å². The van der Waals surface area contributed by atoms with Crippen molar-refractivity contribution in [2.45, 2.75) is 0 Å². The molecule has 0 atom stereocenters. The van der Waals surface area contributed by atoms with Gasteiger partial charge in [-0.15, -0.1) is 0 Å². The van der Waals surface area contributed by atoms with Gasteiger partial charge in [0, 0.05) is 36.4 Å². The summed E-state index contributed by atoms with van der Waals surface area (Å²) in [6, 6.07) is 5.84. The van der Waals surface area contributed by atoms with Gasteiger partial charge in [0.15, 0.2) is 5.82 Å². The van der Waals surface area contributed by atoms with Gasteiger partial charge in [0.25, 0.3) is 0 Å². The van der Waals surface area contributed by atoms with Crippen LogP contribution in [0.3, 0.4) is 0 Å². The molecule has 1 aromatic heterocycles. The largest absolute Gasteiger partial charge is 0.477 e. The number of thioether (sulfide) groups is 1. The molecule has 0 saturated carbocycles. The molecule has 114 valence electrons. The molecule has 0 bridgehead atoms. The molecule has 22 heavy (non-hydrogen) atoms. The van der Waals surface area contributed by atoms with E-state index in [1.807, 2.05) is 16.7 Å². The molecule has 0 spiro atoms. The second-order valence-corrected chi connectivity index (χ2v) is 6.07. The van der Waals surface area contributed by atoms with Gasteiger partial charge in [0.05, 0.1) is 0 Å². The molecule has 0 amide bonds. The van der Waals surface area contributed by atoms with E-state index in [1.54, 1.807) is 12.1 Å². The number of carbonyl (C=O) groups is 1. The molecule has 1 aliphatic rings. The van der Waals surface area contributed by atoms with Gasteiger partial charge in [0.2, 0.25) is 0 Å². The number of carboxylic acid groups (broad SMARTS) is 1. The topological polar surface area (TPSA) is 66.3 Å². The van der Waals surface area contributed by atoms with Crippen molar-refractivity contribution in [1.29, 1.82) is 0 Å². The first-order valence-electron chi connectivity index (χ1n) is 6.84. The van der Waals surface area contributed by atoms with Gasteiger partial charge in [-0.25, -0.2) is 19.2 Å². The van der Waals surface area contributed by atoms with Crippen LogP contribution in [0.4, 0.5) is 10.2 Å². The number of aromatic nitrogens is 2. The van der Waals surface area contributed by atoms with E-state index in [1.165, 1.54) is 18.3 Å². The van der Waals surface area contributed by atoms with Crippen molar-refractivity contribution < 1.29 is 14.3 Å². The summed E-state index contributed by atoms with van der Waals surface area (Å²) in [6.45, 7) is 1.51. The van der Waals surface area contributed by atoms with E-state index in [2.05, 4.69) is 9.97 Å². The number of nitrogens with zero attached hydrogens (tertiary/aromatic N) is 3. The summed E-state index contributed by atoms with van der Waals surface area (Å²) in [4.78, 5) is 21.9. The van der Waals surface area contributed by atoms with Crippen LogP contribution >= 0.6 is 11.8 Å². The first-order chi connectivity index (χ1) is 10.6. The number of hydrogen-bond donors (Lipinski definition) is 1. The fourth-order valence-electron chi connectivity index (χ4n) is 2.28. The Hall–Kier alpha value is -2.15. The Bertz CT molecular complexity index is 688. The highest BCUT2D eigenvalue weighted by atomic mass is 32.2. The molecule has 1 aromatic carbocycles. The third-order valence-corrected chi connectivity index (χ3v) is 4.35. The minimum absolute atomic E-state index is 0.0951. The zero-order valence-corrected chi connectivity index (χ0v) is 12.5. The average Bonchev–Trinajstić information content (AvgIpc) is 2.56. The van der Waals surface area contributed by atoms with E-state index < -0.39 is 5.97 Å². The molecule has 3 rings (SSSR count). The lowest BCUT2D eigenvalue weighted by atomic mass is 10.2. The summed E-state index contributed by atoms with van der Waals surface area (Å²) in [5.74, 6) is 1.34. The zero-order valence-electron chi connectivity index (χ0n) is 11.7. The molecule has 0 radical (unpaired) electrons. The SMILES string of the molecule is O=C(O)c1cnc(-c2ccc(F)cc2)nc1N1CCSCC1. The molecule has 1 saturated heterocycles. The predicted octanol–water partition coefficient (Wildman–Crippen LogP) is 2.53. The Balaban J connectivity index is 2.02. The van der Waals surface area contributed by atoms with Gasteiger partial charge in [-0.05, 0) is 24.3 Å². The lowest BCUT2D eigenvalue weighted by Crippen LogP contribution is -2.34. The molecule has 5 nitrogen and oxygen atoms in total. The maximum absolute atomic E-state index is 13.0. The minimum Gasteiger partial charge on any atom is -0.477 e. The van der Waals surface area contributed by atoms with Gasteiger partial charge in [0.1, 0.15) is 17.2 Å². The quantitative estimate of drug-likeness (QED) is 0.938. The second-order valence-electron chi connectivity index (χ2n) is 4.84. The van der Waals surface area contributed by atoms with Crippen molar-refractivity contribution in [1.82, 2.24) is 9.97 Å². The second kappa shape index (κ2) is 6.31. The van der Waals surface area contributed by atoms with Crippen LogP contribution in [0.25, 0.3) is 11.4 Å². The lowest BCUT2D eigenvalue weighted by Gasteiger charge is -2.28. The highest BCUT2D eigenvalue weighted by Crippen LogP contribution is 2.25. The van der Waals surface area contributed by atoms with Crippen molar-refractivity contribution in [3.63, 3.8) is 0 Å². The van der Waals surface area contributed by atoms with Gasteiger partial charge in [-0.2, -0.15) is 11.8 Å². The van der Waals surface area contributed by atoms with E-state index in [9.17, 15) is 14.3 Å². The minimum atomic E-state index is -1.04. The fraction of sp³-hybridized carbons (Fsp3) is 0.267. The highest BCUT2D eigenvalue weighted by Gasteiger charge is 2.21. The lowest BCUT2D eigenvalue weighted by molar-refractivity contribution is 0.0696. The molecule has 2 heterocycles. The van der Waals surface area contributed by atoms with Crippen LogP contribution in [0.1, 0.15) is 10.4 Å². The zero-order chi connectivity index (χ0) is 15.5. The van der Waals surface area contributed by atoms with E-state index in [0.717, 1.165) is 24.6 Å². The van der Waals surface area contributed by atoms with Crippen LogP contribution in [-0.4, -0.2) is 45.6 Å². The summed E-state index contributed by atoms with van der Waals surface area (Å²) in [6.07, 6.45) is 1.32. The Labute approximate surface area is 131 Å². The Morgan fingerprint density at radius 2 is 1.91 bits per heavy atom. The molecular weight excluding hydrogens is 305 g/mol. The van der Waals surface area contributed by atoms with E-state index in [-0.39, 0.29) is 11.4 Å². The van der Waals surface area contributed by atoms with Gasteiger partial charge in [-0.1, -0.05) is 0 Å². The summed E-state index contributed by atoms with van der Waals surface area (Å²) in [5, 5.41) is 9.33. The monoisotopic (exact) mass is 319 g/mol. The van der Waals surface area contributed by atoms with Gasteiger partial charge in [-0.3, -0.25) is 0 Å². The fourth-order valence-corrected chi connectivity index (χ4v) is 3.18. The van der Waals surface area contributed by atoms with Crippen molar-refractivity contribution in [2.75, 3.05) is 29.5 Å². The number of halogens is 1. The number of benzene rings is 1. The number of carboxylic acids is 1. The number of rotatable bonds is 3. The Morgan fingerprint density at radius 3 is 2.55 bits per heavy atom. The van der Waals surface area contributed by atoms with E-state index >= 15 is 0 Å². The summed E-state index contributed by atoms with van der Waals surface area (Å²) in [5.41, 5.74) is 0.753. The highest BCUT2D eigenvalue weighted by molar-refractivity contribution is 7.99. The summed E-state index contributed by atoms with van der Waals surface area (Å²) in [7, 11) is 0. The molecule has 0 aliphatic carbocycles. The third-order valence-electron chi connectivity index (χ3n) is 3.41. The maximum atomic E-state index is 13.0. The molecule has 1 N–H and O–H groups in total. The van der Waals surface area contributed by atoms with Gasteiger partial charge >= 0.3 is 5.97 Å². The van der Waals surface area contributed by atoms with Crippen molar-refractivity contribution in [3.05, 3.63) is 41.8 Å². The van der Waals surface area contributed by atoms with E-state index in [4.69, 9.17) is 0 Å². The molecular formula is C15H14FN3O2S. The molecule has 1 fully saturated rings. The van der Waals surface area contributed by atoms with Crippen LogP contribution in [0.5, 0.6) is 0 Å². The molecule has 1 aliphatic heterocycles. The predicted molar refractivity (Wildman–Crippen MR) is 83.9 cm³/mol. The summed E-state index contributed by atoms with van der Waals surface area (Å²) < 4.78 is 13.0. The van der Waals surface area contributed by atoms with Crippen LogP contribution in [0, 0.1) is 5.82 Å². The first-order valence-corrected chi connectivity index (χ1v) is 7.99. The van der Waals surface area contributed by atoms with Gasteiger partial charge < -0.3 is 10.0 Å². The Kier molecular flexibility index (Phi) is 4.24. The third kappa shape index (κ3) is 3.04. The van der Waals surface area contributed by atoms with Crippen LogP contribution in [0.2, 0.25) is 0 Å². The molecule has 7 heteroatoms. The van der Waals surface area contributed by atoms with E-state index in [0.29, 0.717) is 17.2 Å². The number of anilines is 1. The van der Waals surface area contributed by atoms with Crippen LogP contribution < -0.4 is 4.90 Å². The van der Waals surface area contributed by atoms with Crippen LogP contribution in [-0.2, 0) is 0 Å². The smallest absolute Gasteiger partial charge is 0.341 e. The molecule has 2 aromatic rings. The first kappa shape index (κ1) is 14.8. The number of hydrogen-bond acceptors (Lipinski definition) is 5. The maximum Gasteiger partial charge on any atom is 0.341 e. The Morgan fingerprint density at radius 1 is 1.23 bits per heavy atom.